The second-order valence-corrected chi connectivity index (χ2v) is 7.88. The molecule has 1 aromatic carbocycles. The molecule has 4 rings (SSSR count). The highest BCUT2D eigenvalue weighted by Crippen LogP contribution is 2.28. The molecule has 6 heteroatoms. The van der Waals surface area contributed by atoms with Crippen LogP contribution in [-0.2, 0) is 11.3 Å². The summed E-state index contributed by atoms with van der Waals surface area (Å²) in [5.41, 5.74) is 2.01. The molecule has 3 aromatic rings. The van der Waals surface area contributed by atoms with Crippen molar-refractivity contribution >= 4 is 40.0 Å². The van der Waals surface area contributed by atoms with Gasteiger partial charge in [0, 0.05) is 12.0 Å². The van der Waals surface area contributed by atoms with E-state index < -0.39 is 0 Å². The summed E-state index contributed by atoms with van der Waals surface area (Å²) in [4.78, 5) is 7.03. The molecule has 0 N–H and O–H groups in total. The Kier molecular flexibility index (Phi) is 4.85. The largest absolute Gasteiger partial charge is 0.376 e. The fraction of sp³-hybridized carbons (Fsp3) is 0.278. The van der Waals surface area contributed by atoms with Gasteiger partial charge in [0.1, 0.15) is 0 Å². The van der Waals surface area contributed by atoms with Crippen molar-refractivity contribution in [2.24, 2.45) is 4.99 Å². The Labute approximate surface area is 153 Å². The van der Waals surface area contributed by atoms with Crippen molar-refractivity contribution in [2.45, 2.75) is 25.5 Å². The Balaban J connectivity index is 1.80. The van der Waals surface area contributed by atoms with Crippen molar-refractivity contribution in [3.63, 3.8) is 0 Å². The van der Waals surface area contributed by atoms with Crippen LogP contribution in [0.2, 0.25) is 5.02 Å². The molecule has 1 saturated heterocycles. The van der Waals surface area contributed by atoms with E-state index in [1.54, 1.807) is 22.7 Å². The van der Waals surface area contributed by atoms with Crippen LogP contribution >= 0.6 is 34.3 Å². The van der Waals surface area contributed by atoms with Gasteiger partial charge in [-0.3, -0.25) is 0 Å². The first kappa shape index (κ1) is 16.1. The van der Waals surface area contributed by atoms with Gasteiger partial charge >= 0.3 is 0 Å². The van der Waals surface area contributed by atoms with Crippen molar-refractivity contribution in [3.05, 3.63) is 57.0 Å². The molecule has 0 amide bonds. The molecule has 24 heavy (non-hydrogen) atoms. The minimum atomic E-state index is 0.267. The Hall–Kier alpha value is -1.40. The summed E-state index contributed by atoms with van der Waals surface area (Å²) in [5.74, 6) is 0. The van der Waals surface area contributed by atoms with E-state index in [1.807, 2.05) is 24.3 Å². The SMILES string of the molecule is Clc1ccccc1N=c1scc(-c2cccs2)n1CC1CCCO1. The lowest BCUT2D eigenvalue weighted by molar-refractivity contribution is 0.0968. The Morgan fingerprint density at radius 3 is 2.88 bits per heavy atom. The van der Waals surface area contributed by atoms with Crippen LogP contribution in [0, 0.1) is 0 Å². The lowest BCUT2D eigenvalue weighted by Gasteiger charge is -2.13. The molecule has 0 bridgehead atoms. The van der Waals surface area contributed by atoms with Gasteiger partial charge in [0.25, 0.3) is 0 Å². The maximum atomic E-state index is 6.28. The maximum absolute atomic E-state index is 6.28. The molecule has 124 valence electrons. The molecule has 3 nitrogen and oxygen atoms in total. The molecule has 3 heterocycles. The Morgan fingerprint density at radius 1 is 1.21 bits per heavy atom. The van der Waals surface area contributed by atoms with Crippen molar-refractivity contribution in [3.8, 4) is 10.6 Å². The van der Waals surface area contributed by atoms with E-state index >= 15 is 0 Å². The van der Waals surface area contributed by atoms with Crippen molar-refractivity contribution in [1.29, 1.82) is 0 Å². The first-order chi connectivity index (χ1) is 11.8. The summed E-state index contributed by atoms with van der Waals surface area (Å²) in [5, 5.41) is 4.96. The maximum Gasteiger partial charge on any atom is 0.190 e. The highest BCUT2D eigenvalue weighted by Gasteiger charge is 2.19. The van der Waals surface area contributed by atoms with Crippen LogP contribution in [0.25, 0.3) is 10.6 Å². The third-order valence-corrected chi connectivity index (χ3v) is 6.13. The number of para-hydroxylation sites is 1. The number of nitrogens with zero attached hydrogens (tertiary/aromatic N) is 2. The normalized spacial score (nSPS) is 18.4. The molecule has 1 atom stereocenters. The number of hydrogen-bond donors (Lipinski definition) is 0. The number of rotatable bonds is 4. The first-order valence-corrected chi connectivity index (χ1v) is 10.1. The van der Waals surface area contributed by atoms with E-state index in [0.29, 0.717) is 5.02 Å². The van der Waals surface area contributed by atoms with Gasteiger partial charge in [-0.1, -0.05) is 29.8 Å². The molecule has 1 unspecified atom stereocenters. The average molecular weight is 377 g/mol. The van der Waals surface area contributed by atoms with Crippen LogP contribution in [0.5, 0.6) is 0 Å². The van der Waals surface area contributed by atoms with Gasteiger partial charge in [-0.2, -0.15) is 0 Å². The first-order valence-electron chi connectivity index (χ1n) is 7.94. The van der Waals surface area contributed by atoms with E-state index in [1.165, 1.54) is 10.6 Å². The summed E-state index contributed by atoms with van der Waals surface area (Å²) >= 11 is 9.68. The van der Waals surface area contributed by atoms with Crippen molar-refractivity contribution in [1.82, 2.24) is 4.57 Å². The van der Waals surface area contributed by atoms with Gasteiger partial charge in [-0.05, 0) is 36.4 Å². The molecule has 0 saturated carbocycles. The summed E-state index contributed by atoms with van der Waals surface area (Å²) < 4.78 is 8.12. The van der Waals surface area contributed by atoms with E-state index in [0.717, 1.165) is 36.5 Å². The van der Waals surface area contributed by atoms with Crippen LogP contribution in [0.4, 0.5) is 5.69 Å². The number of thiophene rings is 1. The number of hydrogen-bond acceptors (Lipinski definition) is 4. The summed E-state index contributed by atoms with van der Waals surface area (Å²) in [7, 11) is 0. The fourth-order valence-electron chi connectivity index (χ4n) is 2.85. The average Bonchev–Trinajstić information content (AvgIpc) is 3.33. The number of ether oxygens (including phenoxy) is 1. The van der Waals surface area contributed by atoms with Gasteiger partial charge in [0.2, 0.25) is 0 Å². The predicted octanol–water partition coefficient (Wildman–Crippen LogP) is 5.34. The van der Waals surface area contributed by atoms with E-state index in [-0.39, 0.29) is 6.10 Å². The molecule has 0 aliphatic carbocycles. The van der Waals surface area contributed by atoms with Gasteiger partial charge in [-0.15, -0.1) is 22.7 Å². The number of halogens is 1. The zero-order chi connectivity index (χ0) is 16.4. The van der Waals surface area contributed by atoms with E-state index in [4.69, 9.17) is 21.3 Å². The molecule has 1 aliphatic heterocycles. The van der Waals surface area contributed by atoms with Crippen molar-refractivity contribution < 1.29 is 4.74 Å². The number of thiazole rings is 1. The summed E-state index contributed by atoms with van der Waals surface area (Å²) in [6.45, 7) is 1.70. The minimum Gasteiger partial charge on any atom is -0.376 e. The smallest absolute Gasteiger partial charge is 0.190 e. The summed E-state index contributed by atoms with van der Waals surface area (Å²) in [6.07, 6.45) is 2.52. The second kappa shape index (κ2) is 7.23. The van der Waals surface area contributed by atoms with Crippen LogP contribution in [0.15, 0.2) is 52.2 Å². The highest BCUT2D eigenvalue weighted by atomic mass is 35.5. The van der Waals surface area contributed by atoms with Crippen LogP contribution in [0.3, 0.4) is 0 Å². The molecule has 0 radical (unpaired) electrons. The van der Waals surface area contributed by atoms with Crippen molar-refractivity contribution in [2.75, 3.05) is 6.61 Å². The Morgan fingerprint density at radius 2 is 2.12 bits per heavy atom. The standard InChI is InChI=1S/C18H17ClN2OS2/c19-14-6-1-2-7-15(14)20-18-21(11-13-5-3-9-22-13)16(12-24-18)17-8-4-10-23-17/h1-2,4,6-8,10,12-13H,3,5,9,11H2. The monoisotopic (exact) mass is 376 g/mol. The van der Waals surface area contributed by atoms with Crippen LogP contribution in [-0.4, -0.2) is 17.3 Å². The zero-order valence-corrected chi connectivity index (χ0v) is 15.4. The van der Waals surface area contributed by atoms with E-state index in [9.17, 15) is 0 Å². The lowest BCUT2D eigenvalue weighted by Crippen LogP contribution is -2.23. The number of benzene rings is 1. The molecule has 0 spiro atoms. The van der Waals surface area contributed by atoms with Gasteiger partial charge in [0.05, 0.1) is 33.9 Å². The molecule has 1 fully saturated rings. The quantitative estimate of drug-likeness (QED) is 0.603. The topological polar surface area (TPSA) is 26.5 Å². The van der Waals surface area contributed by atoms with Gasteiger partial charge < -0.3 is 9.30 Å². The van der Waals surface area contributed by atoms with Crippen LogP contribution in [0.1, 0.15) is 12.8 Å². The molecule has 2 aromatic heterocycles. The fourth-order valence-corrected chi connectivity index (χ4v) is 4.78. The predicted molar refractivity (Wildman–Crippen MR) is 101 cm³/mol. The number of aromatic nitrogens is 1. The van der Waals surface area contributed by atoms with E-state index in [2.05, 4.69) is 27.5 Å². The zero-order valence-electron chi connectivity index (χ0n) is 13.0. The molecular weight excluding hydrogens is 360 g/mol. The molecule has 1 aliphatic rings. The van der Waals surface area contributed by atoms with Crippen LogP contribution < -0.4 is 4.80 Å². The third kappa shape index (κ3) is 3.35. The second-order valence-electron chi connectivity index (χ2n) is 5.69. The van der Waals surface area contributed by atoms with Gasteiger partial charge in [-0.25, -0.2) is 4.99 Å². The summed E-state index contributed by atoms with van der Waals surface area (Å²) in [6, 6.07) is 11.9. The lowest BCUT2D eigenvalue weighted by atomic mass is 10.2. The minimum absolute atomic E-state index is 0.267. The third-order valence-electron chi connectivity index (χ3n) is 4.05. The Bertz CT molecular complexity index is 877. The molecular formula is C18H17ClN2OS2. The highest BCUT2D eigenvalue weighted by molar-refractivity contribution is 7.14. The van der Waals surface area contributed by atoms with Gasteiger partial charge in [0.15, 0.2) is 4.80 Å².